The van der Waals surface area contributed by atoms with Crippen molar-refractivity contribution in [2.24, 2.45) is 28.6 Å². The van der Waals surface area contributed by atoms with Crippen molar-refractivity contribution in [2.45, 2.75) is 84.7 Å². The molecule has 0 bridgehead atoms. The van der Waals surface area contributed by atoms with Crippen molar-refractivity contribution in [3.05, 3.63) is 11.6 Å². The molecule has 0 heterocycles. The van der Waals surface area contributed by atoms with Crippen LogP contribution in [0.25, 0.3) is 0 Å². The minimum absolute atomic E-state index is 0.0906. The molecule has 0 radical (unpaired) electrons. The van der Waals surface area contributed by atoms with Gasteiger partial charge in [0.1, 0.15) is 6.10 Å². The molecule has 0 amide bonds. The number of rotatable bonds is 1. The first-order valence-electron chi connectivity index (χ1n) is 9.82. The van der Waals surface area contributed by atoms with E-state index in [0.717, 1.165) is 24.2 Å². The molecule has 0 aromatic carbocycles. The van der Waals surface area contributed by atoms with E-state index in [4.69, 9.17) is 4.74 Å². The highest BCUT2D eigenvalue weighted by atomic mass is 16.5. The van der Waals surface area contributed by atoms with Gasteiger partial charge in [0.25, 0.3) is 0 Å². The standard InChI is InChI=1S/C21H32O2/c1-14(22)23-19-10-9-17-16-8-7-15-6-4-5-12-20(15,2)18(16)11-13-21(17,19)3/h6,16-19H,4-5,7-13H2,1-3H3/t16-,17-,18-,19-,20+,21-/m0/s1. The average molecular weight is 316 g/mol. The van der Waals surface area contributed by atoms with Crippen molar-refractivity contribution in [2.75, 3.05) is 0 Å². The van der Waals surface area contributed by atoms with Crippen LogP contribution in [0.4, 0.5) is 0 Å². The van der Waals surface area contributed by atoms with Crippen LogP contribution < -0.4 is 0 Å². The molecule has 0 N–H and O–H groups in total. The minimum Gasteiger partial charge on any atom is -0.462 e. The lowest BCUT2D eigenvalue weighted by Gasteiger charge is -2.58. The summed E-state index contributed by atoms with van der Waals surface area (Å²) in [4.78, 5) is 11.5. The first kappa shape index (κ1) is 15.7. The zero-order valence-electron chi connectivity index (χ0n) is 15.1. The number of carbonyl (C=O) groups is 1. The lowest BCUT2D eigenvalue weighted by atomic mass is 9.47. The SMILES string of the molecule is CC(=O)O[C@H]1CC[C@H]2[C@@H]3CCC4=CCCC[C@@]4(C)[C@H]3CC[C@]12C. The molecule has 0 spiro atoms. The number of esters is 1. The molecule has 0 saturated heterocycles. The molecule has 3 fully saturated rings. The van der Waals surface area contributed by atoms with Gasteiger partial charge in [0.2, 0.25) is 0 Å². The predicted octanol–water partition coefficient (Wildman–Crippen LogP) is 5.27. The van der Waals surface area contributed by atoms with Crippen molar-refractivity contribution < 1.29 is 9.53 Å². The van der Waals surface area contributed by atoms with E-state index in [1.165, 1.54) is 51.4 Å². The van der Waals surface area contributed by atoms with E-state index in [1.54, 1.807) is 12.5 Å². The third kappa shape index (κ3) is 2.23. The Hall–Kier alpha value is -0.790. The quantitative estimate of drug-likeness (QED) is 0.486. The highest BCUT2D eigenvalue weighted by Crippen LogP contribution is 2.65. The van der Waals surface area contributed by atoms with Crippen LogP contribution in [0, 0.1) is 28.6 Å². The summed E-state index contributed by atoms with van der Waals surface area (Å²) >= 11 is 0. The molecule has 0 aromatic heterocycles. The van der Waals surface area contributed by atoms with E-state index in [2.05, 4.69) is 19.9 Å². The molecule has 2 nitrogen and oxygen atoms in total. The molecule has 0 unspecified atom stereocenters. The van der Waals surface area contributed by atoms with Gasteiger partial charge in [0, 0.05) is 12.3 Å². The van der Waals surface area contributed by atoms with E-state index in [9.17, 15) is 4.79 Å². The summed E-state index contributed by atoms with van der Waals surface area (Å²) in [6.07, 6.45) is 14.5. The van der Waals surface area contributed by atoms with Crippen molar-refractivity contribution in [1.29, 1.82) is 0 Å². The van der Waals surface area contributed by atoms with Gasteiger partial charge in [-0.15, -0.1) is 0 Å². The van der Waals surface area contributed by atoms with Crippen LogP contribution in [-0.4, -0.2) is 12.1 Å². The van der Waals surface area contributed by atoms with Crippen LogP contribution in [0.15, 0.2) is 11.6 Å². The molecule has 128 valence electrons. The number of hydrogen-bond donors (Lipinski definition) is 0. The van der Waals surface area contributed by atoms with Crippen LogP contribution in [-0.2, 0) is 9.53 Å². The van der Waals surface area contributed by atoms with Gasteiger partial charge in [-0.05, 0) is 81.0 Å². The molecule has 4 rings (SSSR count). The number of ether oxygens (including phenoxy) is 1. The van der Waals surface area contributed by atoms with Gasteiger partial charge in [-0.3, -0.25) is 4.79 Å². The molecule has 6 atom stereocenters. The van der Waals surface area contributed by atoms with Crippen LogP contribution in [0.2, 0.25) is 0 Å². The monoisotopic (exact) mass is 316 g/mol. The molecular weight excluding hydrogens is 284 g/mol. The van der Waals surface area contributed by atoms with Crippen molar-refractivity contribution in [3.8, 4) is 0 Å². The summed E-state index contributed by atoms with van der Waals surface area (Å²) in [5.41, 5.74) is 2.49. The molecule has 0 aromatic rings. The lowest BCUT2D eigenvalue weighted by molar-refractivity contribution is -0.157. The second-order valence-corrected chi connectivity index (χ2v) is 9.17. The largest absolute Gasteiger partial charge is 0.462 e. The Morgan fingerprint density at radius 3 is 2.74 bits per heavy atom. The second kappa shape index (κ2) is 5.36. The summed E-state index contributed by atoms with van der Waals surface area (Å²) in [6, 6.07) is 0. The Morgan fingerprint density at radius 1 is 1.13 bits per heavy atom. The van der Waals surface area contributed by atoms with Crippen LogP contribution in [0.5, 0.6) is 0 Å². The van der Waals surface area contributed by atoms with Gasteiger partial charge >= 0.3 is 5.97 Å². The fraction of sp³-hybridized carbons (Fsp3) is 0.857. The Balaban J connectivity index is 1.61. The van der Waals surface area contributed by atoms with E-state index in [0.29, 0.717) is 5.41 Å². The summed E-state index contributed by atoms with van der Waals surface area (Å²) in [7, 11) is 0. The summed E-state index contributed by atoms with van der Waals surface area (Å²) in [5, 5.41) is 0. The summed E-state index contributed by atoms with van der Waals surface area (Å²) in [6.45, 7) is 6.56. The summed E-state index contributed by atoms with van der Waals surface area (Å²) < 4.78 is 5.74. The first-order valence-corrected chi connectivity index (χ1v) is 9.82. The maximum atomic E-state index is 11.5. The number of fused-ring (bicyclic) bond motifs is 5. The molecular formula is C21H32O2. The molecule has 23 heavy (non-hydrogen) atoms. The van der Waals surface area contributed by atoms with Crippen molar-refractivity contribution in [1.82, 2.24) is 0 Å². The highest BCUT2D eigenvalue weighted by molar-refractivity contribution is 5.66. The van der Waals surface area contributed by atoms with E-state index < -0.39 is 0 Å². The van der Waals surface area contributed by atoms with E-state index >= 15 is 0 Å². The third-order valence-corrected chi connectivity index (χ3v) is 8.25. The lowest BCUT2D eigenvalue weighted by Crippen LogP contribution is -2.51. The Bertz CT molecular complexity index is 536. The van der Waals surface area contributed by atoms with E-state index in [1.807, 2.05) is 0 Å². The molecule has 3 saturated carbocycles. The first-order chi connectivity index (χ1) is 10.9. The maximum absolute atomic E-state index is 11.5. The summed E-state index contributed by atoms with van der Waals surface area (Å²) in [5.74, 6) is 2.41. The van der Waals surface area contributed by atoms with Gasteiger partial charge in [-0.25, -0.2) is 0 Å². The zero-order valence-corrected chi connectivity index (χ0v) is 15.1. The number of allylic oxidation sites excluding steroid dienone is 2. The highest BCUT2D eigenvalue weighted by Gasteiger charge is 2.59. The average Bonchev–Trinajstić information content (AvgIpc) is 2.83. The maximum Gasteiger partial charge on any atom is 0.302 e. The van der Waals surface area contributed by atoms with Crippen LogP contribution in [0.3, 0.4) is 0 Å². The third-order valence-electron chi connectivity index (χ3n) is 8.25. The van der Waals surface area contributed by atoms with Crippen molar-refractivity contribution >= 4 is 5.97 Å². The Morgan fingerprint density at radius 2 is 1.96 bits per heavy atom. The second-order valence-electron chi connectivity index (χ2n) is 9.17. The topological polar surface area (TPSA) is 26.3 Å². The van der Waals surface area contributed by atoms with Crippen LogP contribution >= 0.6 is 0 Å². The van der Waals surface area contributed by atoms with E-state index in [-0.39, 0.29) is 17.5 Å². The Labute approximate surface area is 141 Å². The zero-order chi connectivity index (χ0) is 16.2. The number of carbonyl (C=O) groups excluding carboxylic acids is 1. The van der Waals surface area contributed by atoms with Crippen molar-refractivity contribution in [3.63, 3.8) is 0 Å². The van der Waals surface area contributed by atoms with Gasteiger partial charge in [-0.1, -0.05) is 25.5 Å². The molecule has 0 aliphatic heterocycles. The van der Waals surface area contributed by atoms with Gasteiger partial charge in [0.05, 0.1) is 0 Å². The predicted molar refractivity (Wildman–Crippen MR) is 91.9 cm³/mol. The smallest absolute Gasteiger partial charge is 0.302 e. The van der Waals surface area contributed by atoms with Gasteiger partial charge < -0.3 is 4.74 Å². The normalized spacial score (nSPS) is 48.7. The molecule has 4 aliphatic carbocycles. The van der Waals surface area contributed by atoms with Gasteiger partial charge in [-0.2, -0.15) is 0 Å². The fourth-order valence-corrected chi connectivity index (χ4v) is 7.10. The molecule has 4 aliphatic rings. The van der Waals surface area contributed by atoms with Gasteiger partial charge in [0.15, 0.2) is 0 Å². The molecule has 2 heteroatoms. The number of hydrogen-bond acceptors (Lipinski definition) is 2. The van der Waals surface area contributed by atoms with Crippen LogP contribution in [0.1, 0.15) is 78.6 Å². The minimum atomic E-state index is -0.0906. The Kier molecular flexibility index (Phi) is 3.66. The fourth-order valence-electron chi connectivity index (χ4n) is 7.10.